The molecule has 108 valence electrons. The number of hydrogen-bond acceptors (Lipinski definition) is 2. The minimum atomic E-state index is 0. The molecule has 0 radical (unpaired) electrons. The molecule has 1 saturated heterocycles. The molecule has 1 aliphatic heterocycles. The van der Waals surface area contributed by atoms with E-state index in [-0.39, 0.29) is 24.0 Å². The lowest BCUT2D eigenvalue weighted by atomic mass is 10.0. The van der Waals surface area contributed by atoms with Gasteiger partial charge in [-0.3, -0.25) is 9.89 Å². The van der Waals surface area contributed by atoms with Crippen LogP contribution < -0.4 is 11.1 Å². The Labute approximate surface area is 129 Å². The predicted octanol–water partition coefficient (Wildman–Crippen LogP) is 2.04. The molecule has 1 rings (SSSR count). The summed E-state index contributed by atoms with van der Waals surface area (Å²) >= 11 is 0. The maximum absolute atomic E-state index is 5.83. The second-order valence-electron chi connectivity index (χ2n) is 5.21. The van der Waals surface area contributed by atoms with Gasteiger partial charge in [0.1, 0.15) is 0 Å². The average Bonchev–Trinajstić information content (AvgIpc) is 2.79. The van der Waals surface area contributed by atoms with Crippen LogP contribution in [0.2, 0.25) is 0 Å². The van der Waals surface area contributed by atoms with E-state index in [4.69, 9.17) is 5.73 Å². The van der Waals surface area contributed by atoms with Crippen molar-refractivity contribution in [2.24, 2.45) is 16.6 Å². The summed E-state index contributed by atoms with van der Waals surface area (Å²) < 4.78 is 0. The second-order valence-corrected chi connectivity index (χ2v) is 5.21. The zero-order valence-electron chi connectivity index (χ0n) is 12.0. The number of aliphatic imine (C=N–C) groups is 1. The molecule has 1 aliphatic rings. The van der Waals surface area contributed by atoms with E-state index in [1.807, 2.05) is 0 Å². The number of guanidine groups is 1. The molecule has 0 aromatic carbocycles. The third-order valence-electron chi connectivity index (χ3n) is 3.38. The second kappa shape index (κ2) is 9.83. The van der Waals surface area contributed by atoms with Gasteiger partial charge in [0.2, 0.25) is 0 Å². The van der Waals surface area contributed by atoms with E-state index in [1.165, 1.54) is 25.9 Å². The van der Waals surface area contributed by atoms with Crippen LogP contribution in [0.3, 0.4) is 0 Å². The van der Waals surface area contributed by atoms with Crippen molar-refractivity contribution < 1.29 is 0 Å². The van der Waals surface area contributed by atoms with Crippen molar-refractivity contribution in [3.63, 3.8) is 0 Å². The fourth-order valence-electron chi connectivity index (χ4n) is 2.32. The Morgan fingerprint density at radius 1 is 1.33 bits per heavy atom. The normalized spacial score (nSPS) is 18.8. The van der Waals surface area contributed by atoms with Gasteiger partial charge in [0, 0.05) is 12.6 Å². The van der Waals surface area contributed by atoms with E-state index in [9.17, 15) is 0 Å². The van der Waals surface area contributed by atoms with E-state index in [1.54, 1.807) is 0 Å². The van der Waals surface area contributed by atoms with Crippen molar-refractivity contribution in [1.82, 2.24) is 10.2 Å². The van der Waals surface area contributed by atoms with E-state index in [2.05, 4.69) is 36.0 Å². The van der Waals surface area contributed by atoms with Crippen LogP contribution in [0.5, 0.6) is 0 Å². The highest BCUT2D eigenvalue weighted by atomic mass is 127. The van der Waals surface area contributed by atoms with Gasteiger partial charge in [-0.25, -0.2) is 0 Å². The Hall–Kier alpha value is -0.0400. The predicted molar refractivity (Wildman–Crippen MR) is 89.6 cm³/mol. The standard InChI is InChI=1S/C13H28N4.HI/c1-4-7-15-13(14)16-10-12(11(2)3)17-8-5-6-9-17;/h11-12H,4-10H2,1-3H3,(H3,14,15,16);1H. The van der Waals surface area contributed by atoms with Crippen LogP contribution in [0.25, 0.3) is 0 Å². The molecule has 3 N–H and O–H groups in total. The number of nitrogens with one attached hydrogen (secondary N) is 1. The first kappa shape index (κ1) is 18.0. The summed E-state index contributed by atoms with van der Waals surface area (Å²) in [6.07, 6.45) is 3.74. The highest BCUT2D eigenvalue weighted by Gasteiger charge is 2.24. The summed E-state index contributed by atoms with van der Waals surface area (Å²) in [4.78, 5) is 7.03. The molecule has 1 atom stereocenters. The van der Waals surface area contributed by atoms with Gasteiger partial charge in [-0.05, 0) is 38.3 Å². The fraction of sp³-hybridized carbons (Fsp3) is 0.923. The summed E-state index contributed by atoms with van der Waals surface area (Å²) in [5.41, 5.74) is 5.83. The molecule has 0 aromatic heterocycles. The number of likely N-dealkylation sites (tertiary alicyclic amines) is 1. The molecular weight excluding hydrogens is 339 g/mol. The fourth-order valence-corrected chi connectivity index (χ4v) is 2.32. The molecule has 1 unspecified atom stereocenters. The molecule has 18 heavy (non-hydrogen) atoms. The topological polar surface area (TPSA) is 53.6 Å². The van der Waals surface area contributed by atoms with Crippen LogP contribution in [0.4, 0.5) is 0 Å². The van der Waals surface area contributed by atoms with E-state index in [0.717, 1.165) is 19.5 Å². The number of rotatable bonds is 6. The summed E-state index contributed by atoms with van der Waals surface area (Å²) in [7, 11) is 0. The maximum Gasteiger partial charge on any atom is 0.188 e. The van der Waals surface area contributed by atoms with Gasteiger partial charge in [0.25, 0.3) is 0 Å². The molecule has 1 fully saturated rings. The number of nitrogens with two attached hydrogens (primary N) is 1. The Bertz CT molecular complexity index is 237. The SMILES string of the molecule is CCCNC(N)=NCC(C(C)C)N1CCCC1.I. The molecule has 5 heteroatoms. The van der Waals surface area contributed by atoms with Gasteiger partial charge in [-0.1, -0.05) is 20.8 Å². The quantitative estimate of drug-likeness (QED) is 0.429. The van der Waals surface area contributed by atoms with Crippen LogP contribution in [0, 0.1) is 5.92 Å². The van der Waals surface area contributed by atoms with Crippen LogP contribution in [-0.4, -0.2) is 43.1 Å². The Morgan fingerprint density at radius 2 is 1.94 bits per heavy atom. The minimum absolute atomic E-state index is 0. The first-order chi connectivity index (χ1) is 8.15. The highest BCUT2D eigenvalue weighted by molar-refractivity contribution is 14.0. The molecule has 0 aromatic rings. The van der Waals surface area contributed by atoms with Crippen molar-refractivity contribution >= 4 is 29.9 Å². The van der Waals surface area contributed by atoms with Gasteiger partial charge < -0.3 is 11.1 Å². The summed E-state index contributed by atoms with van der Waals surface area (Å²) in [5, 5.41) is 3.13. The summed E-state index contributed by atoms with van der Waals surface area (Å²) in [5.74, 6) is 1.23. The van der Waals surface area contributed by atoms with Gasteiger partial charge in [-0.15, -0.1) is 24.0 Å². The molecule has 1 heterocycles. The zero-order valence-corrected chi connectivity index (χ0v) is 14.3. The van der Waals surface area contributed by atoms with Gasteiger partial charge in [0.15, 0.2) is 5.96 Å². The highest BCUT2D eigenvalue weighted by Crippen LogP contribution is 2.17. The van der Waals surface area contributed by atoms with Crippen molar-refractivity contribution in [2.45, 2.75) is 46.1 Å². The van der Waals surface area contributed by atoms with Gasteiger partial charge in [-0.2, -0.15) is 0 Å². The van der Waals surface area contributed by atoms with E-state index >= 15 is 0 Å². The van der Waals surface area contributed by atoms with Crippen molar-refractivity contribution in [2.75, 3.05) is 26.2 Å². The van der Waals surface area contributed by atoms with Crippen molar-refractivity contribution in [1.29, 1.82) is 0 Å². The first-order valence-electron chi connectivity index (χ1n) is 6.93. The summed E-state index contributed by atoms with van der Waals surface area (Å²) in [6, 6.07) is 0.541. The third kappa shape index (κ3) is 6.22. The minimum Gasteiger partial charge on any atom is -0.370 e. The largest absolute Gasteiger partial charge is 0.370 e. The Balaban J connectivity index is 0.00000289. The Morgan fingerprint density at radius 3 is 2.44 bits per heavy atom. The molecule has 0 spiro atoms. The average molecular weight is 368 g/mol. The molecule has 0 bridgehead atoms. The zero-order chi connectivity index (χ0) is 12.7. The van der Waals surface area contributed by atoms with Crippen LogP contribution in [0.15, 0.2) is 4.99 Å². The van der Waals surface area contributed by atoms with Crippen LogP contribution in [-0.2, 0) is 0 Å². The lowest BCUT2D eigenvalue weighted by Crippen LogP contribution is -2.41. The van der Waals surface area contributed by atoms with E-state index < -0.39 is 0 Å². The Kier molecular flexibility index (Phi) is 9.81. The molecule has 4 nitrogen and oxygen atoms in total. The van der Waals surface area contributed by atoms with Crippen molar-refractivity contribution in [3.05, 3.63) is 0 Å². The lowest BCUT2D eigenvalue weighted by molar-refractivity contribution is 0.197. The van der Waals surface area contributed by atoms with Gasteiger partial charge >= 0.3 is 0 Å². The molecule has 0 amide bonds. The first-order valence-corrected chi connectivity index (χ1v) is 6.93. The van der Waals surface area contributed by atoms with Gasteiger partial charge in [0.05, 0.1) is 6.54 Å². The number of nitrogens with zero attached hydrogens (tertiary/aromatic N) is 2. The monoisotopic (exact) mass is 368 g/mol. The van der Waals surface area contributed by atoms with E-state index in [0.29, 0.717) is 17.9 Å². The van der Waals surface area contributed by atoms with Crippen LogP contribution in [0.1, 0.15) is 40.0 Å². The molecule has 0 saturated carbocycles. The maximum atomic E-state index is 5.83. The smallest absolute Gasteiger partial charge is 0.188 e. The summed E-state index contributed by atoms with van der Waals surface area (Å²) in [6.45, 7) is 10.8. The molecule has 0 aliphatic carbocycles. The van der Waals surface area contributed by atoms with Crippen LogP contribution >= 0.6 is 24.0 Å². The third-order valence-corrected chi connectivity index (χ3v) is 3.38. The lowest BCUT2D eigenvalue weighted by Gasteiger charge is -2.29. The van der Waals surface area contributed by atoms with Crippen molar-refractivity contribution in [3.8, 4) is 0 Å². The molecular formula is C13H29IN4. The number of halogens is 1. The number of hydrogen-bond donors (Lipinski definition) is 2.